The molecule has 0 aliphatic rings. The van der Waals surface area contributed by atoms with E-state index in [1.807, 2.05) is 13.8 Å². The van der Waals surface area contributed by atoms with Gasteiger partial charge in [-0.2, -0.15) is 5.26 Å². The standard InChI is InChI=1S/C13H14N4S/c1-9-12(18-10(2)17-9)4-6-16-13-7-11(8-14)3-5-15-13/h3,5,7H,4,6H2,1-2H3,(H,15,16). The Morgan fingerprint density at radius 3 is 2.94 bits per heavy atom. The highest BCUT2D eigenvalue weighted by Crippen LogP contribution is 2.17. The minimum absolute atomic E-state index is 0.623. The van der Waals surface area contributed by atoms with E-state index < -0.39 is 0 Å². The van der Waals surface area contributed by atoms with Crippen LogP contribution < -0.4 is 5.32 Å². The molecule has 4 nitrogen and oxygen atoms in total. The number of aryl methyl sites for hydroxylation is 2. The predicted molar refractivity (Wildman–Crippen MR) is 72.7 cm³/mol. The molecule has 0 radical (unpaired) electrons. The van der Waals surface area contributed by atoms with Crippen LogP contribution in [-0.4, -0.2) is 16.5 Å². The fourth-order valence-electron chi connectivity index (χ4n) is 1.71. The van der Waals surface area contributed by atoms with E-state index in [1.54, 1.807) is 29.7 Å². The molecule has 0 spiro atoms. The summed E-state index contributed by atoms with van der Waals surface area (Å²) in [6.07, 6.45) is 2.57. The second kappa shape index (κ2) is 5.61. The maximum atomic E-state index is 8.79. The fraction of sp³-hybridized carbons (Fsp3) is 0.308. The van der Waals surface area contributed by atoms with Gasteiger partial charge in [-0.05, 0) is 26.0 Å². The lowest BCUT2D eigenvalue weighted by Crippen LogP contribution is -2.06. The average Bonchev–Trinajstić information content (AvgIpc) is 2.68. The van der Waals surface area contributed by atoms with E-state index in [1.165, 1.54) is 4.88 Å². The van der Waals surface area contributed by atoms with Crippen molar-refractivity contribution in [2.24, 2.45) is 0 Å². The van der Waals surface area contributed by atoms with E-state index >= 15 is 0 Å². The molecule has 0 atom stereocenters. The van der Waals surface area contributed by atoms with Crippen LogP contribution in [0, 0.1) is 25.2 Å². The van der Waals surface area contributed by atoms with Crippen molar-refractivity contribution in [2.75, 3.05) is 11.9 Å². The van der Waals surface area contributed by atoms with Crippen LogP contribution in [-0.2, 0) is 6.42 Å². The molecule has 1 N–H and O–H groups in total. The van der Waals surface area contributed by atoms with Crippen molar-refractivity contribution in [3.8, 4) is 6.07 Å². The zero-order valence-electron chi connectivity index (χ0n) is 10.4. The summed E-state index contributed by atoms with van der Waals surface area (Å²) in [5, 5.41) is 13.1. The third-order valence-electron chi connectivity index (χ3n) is 2.55. The van der Waals surface area contributed by atoms with Crippen molar-refractivity contribution in [1.29, 1.82) is 5.26 Å². The van der Waals surface area contributed by atoms with Crippen LogP contribution in [0.5, 0.6) is 0 Å². The maximum absolute atomic E-state index is 8.79. The lowest BCUT2D eigenvalue weighted by atomic mass is 10.3. The SMILES string of the molecule is Cc1nc(C)c(CCNc2cc(C#N)ccn2)s1. The van der Waals surface area contributed by atoms with Gasteiger partial charge >= 0.3 is 0 Å². The Bertz CT molecular complexity index is 583. The van der Waals surface area contributed by atoms with Crippen molar-refractivity contribution in [3.05, 3.63) is 39.5 Å². The summed E-state index contributed by atoms with van der Waals surface area (Å²) < 4.78 is 0. The van der Waals surface area contributed by atoms with E-state index in [9.17, 15) is 0 Å². The average molecular weight is 258 g/mol. The van der Waals surface area contributed by atoms with Gasteiger partial charge in [-0.15, -0.1) is 11.3 Å². The number of pyridine rings is 1. The van der Waals surface area contributed by atoms with E-state index in [0.29, 0.717) is 5.56 Å². The van der Waals surface area contributed by atoms with Gasteiger partial charge in [0.25, 0.3) is 0 Å². The molecule has 92 valence electrons. The predicted octanol–water partition coefficient (Wildman–Crippen LogP) is 2.68. The Balaban J connectivity index is 1.92. The molecule has 2 aromatic heterocycles. The molecule has 0 aromatic carbocycles. The number of anilines is 1. The third-order valence-corrected chi connectivity index (χ3v) is 3.68. The summed E-state index contributed by atoms with van der Waals surface area (Å²) in [7, 11) is 0. The summed E-state index contributed by atoms with van der Waals surface area (Å²) in [5.41, 5.74) is 1.73. The molecule has 0 amide bonds. The van der Waals surface area contributed by atoms with Crippen LogP contribution in [0.25, 0.3) is 0 Å². The molecule has 0 unspecified atom stereocenters. The molecule has 2 aromatic rings. The Morgan fingerprint density at radius 1 is 1.44 bits per heavy atom. The molecule has 0 fully saturated rings. The second-order valence-electron chi connectivity index (χ2n) is 3.96. The molecule has 5 heteroatoms. The molecule has 2 heterocycles. The van der Waals surface area contributed by atoms with Crippen LogP contribution in [0.15, 0.2) is 18.3 Å². The van der Waals surface area contributed by atoms with Crippen LogP contribution in [0.3, 0.4) is 0 Å². The molecule has 0 bridgehead atoms. The van der Waals surface area contributed by atoms with Gasteiger partial charge in [0.15, 0.2) is 0 Å². The zero-order valence-corrected chi connectivity index (χ0v) is 11.2. The van der Waals surface area contributed by atoms with Crippen molar-refractivity contribution in [1.82, 2.24) is 9.97 Å². The summed E-state index contributed by atoms with van der Waals surface area (Å²) in [5.74, 6) is 0.743. The molecule has 0 aliphatic carbocycles. The van der Waals surface area contributed by atoms with Gasteiger partial charge in [-0.25, -0.2) is 9.97 Å². The zero-order chi connectivity index (χ0) is 13.0. The molecule has 18 heavy (non-hydrogen) atoms. The normalized spacial score (nSPS) is 10.1. The van der Waals surface area contributed by atoms with Gasteiger partial charge < -0.3 is 5.32 Å². The van der Waals surface area contributed by atoms with Gasteiger partial charge in [-0.1, -0.05) is 0 Å². The largest absolute Gasteiger partial charge is 0.370 e. The number of nitriles is 1. The molecule has 2 rings (SSSR count). The van der Waals surface area contributed by atoms with Gasteiger partial charge in [0.2, 0.25) is 0 Å². The third kappa shape index (κ3) is 3.05. The first-order valence-electron chi connectivity index (χ1n) is 5.72. The molecular formula is C13H14N4S. The molecule has 0 saturated heterocycles. The summed E-state index contributed by atoms with van der Waals surface area (Å²) >= 11 is 1.73. The number of nitrogens with zero attached hydrogens (tertiary/aromatic N) is 3. The van der Waals surface area contributed by atoms with Gasteiger partial charge in [0, 0.05) is 24.0 Å². The van der Waals surface area contributed by atoms with Crippen molar-refractivity contribution < 1.29 is 0 Å². The minimum Gasteiger partial charge on any atom is -0.370 e. The monoisotopic (exact) mass is 258 g/mol. The summed E-state index contributed by atoms with van der Waals surface area (Å²) in [6, 6.07) is 5.55. The van der Waals surface area contributed by atoms with Crippen LogP contribution in [0.4, 0.5) is 5.82 Å². The number of hydrogen-bond donors (Lipinski definition) is 1. The van der Waals surface area contributed by atoms with Crippen molar-refractivity contribution >= 4 is 17.2 Å². The van der Waals surface area contributed by atoms with Crippen molar-refractivity contribution in [3.63, 3.8) is 0 Å². The lowest BCUT2D eigenvalue weighted by Gasteiger charge is -2.04. The topological polar surface area (TPSA) is 61.6 Å². The Kier molecular flexibility index (Phi) is 3.90. The smallest absolute Gasteiger partial charge is 0.127 e. The van der Waals surface area contributed by atoms with E-state index in [4.69, 9.17) is 5.26 Å². The Labute approximate surface area is 110 Å². The number of thiazole rings is 1. The molecule has 0 aliphatic heterocycles. The lowest BCUT2D eigenvalue weighted by molar-refractivity contribution is 1.00. The number of nitrogens with one attached hydrogen (secondary N) is 1. The molecular weight excluding hydrogens is 244 g/mol. The summed E-state index contributed by atoms with van der Waals surface area (Å²) in [6.45, 7) is 4.85. The Morgan fingerprint density at radius 2 is 2.28 bits per heavy atom. The number of aromatic nitrogens is 2. The summed E-state index contributed by atoms with van der Waals surface area (Å²) in [4.78, 5) is 9.87. The highest BCUT2D eigenvalue weighted by Gasteiger charge is 2.04. The highest BCUT2D eigenvalue weighted by molar-refractivity contribution is 7.11. The number of rotatable bonds is 4. The first-order chi connectivity index (χ1) is 8.69. The van der Waals surface area contributed by atoms with Gasteiger partial charge in [0.05, 0.1) is 22.3 Å². The number of hydrogen-bond acceptors (Lipinski definition) is 5. The van der Waals surface area contributed by atoms with Crippen LogP contribution >= 0.6 is 11.3 Å². The quantitative estimate of drug-likeness (QED) is 0.916. The van der Waals surface area contributed by atoms with Crippen molar-refractivity contribution in [2.45, 2.75) is 20.3 Å². The van der Waals surface area contributed by atoms with Gasteiger partial charge in [0.1, 0.15) is 5.82 Å². The van der Waals surface area contributed by atoms with Crippen LogP contribution in [0.1, 0.15) is 21.1 Å². The Hall–Kier alpha value is -1.93. The van der Waals surface area contributed by atoms with Crippen LogP contribution in [0.2, 0.25) is 0 Å². The maximum Gasteiger partial charge on any atom is 0.127 e. The van der Waals surface area contributed by atoms with Gasteiger partial charge in [-0.3, -0.25) is 0 Å². The highest BCUT2D eigenvalue weighted by atomic mass is 32.1. The van der Waals surface area contributed by atoms with E-state index in [-0.39, 0.29) is 0 Å². The van der Waals surface area contributed by atoms with E-state index in [0.717, 1.165) is 29.5 Å². The minimum atomic E-state index is 0.623. The first kappa shape index (κ1) is 12.5. The first-order valence-corrected chi connectivity index (χ1v) is 6.53. The fourth-order valence-corrected chi connectivity index (χ4v) is 2.64. The molecule has 0 saturated carbocycles. The second-order valence-corrected chi connectivity index (χ2v) is 5.25. The van der Waals surface area contributed by atoms with E-state index in [2.05, 4.69) is 21.4 Å².